The van der Waals surface area contributed by atoms with Gasteiger partial charge in [-0.15, -0.1) is 0 Å². The molecule has 124 valence electrons. The summed E-state index contributed by atoms with van der Waals surface area (Å²) >= 11 is 0. The smallest absolute Gasteiger partial charge is 0.139 e. The van der Waals surface area contributed by atoms with Gasteiger partial charge in [0.15, 0.2) is 0 Å². The van der Waals surface area contributed by atoms with E-state index in [9.17, 15) is 9.90 Å². The molecular formula is C20H32O2. The van der Waals surface area contributed by atoms with Gasteiger partial charge < -0.3 is 5.11 Å². The van der Waals surface area contributed by atoms with Crippen LogP contribution in [0.3, 0.4) is 0 Å². The van der Waals surface area contributed by atoms with Gasteiger partial charge in [0.1, 0.15) is 5.78 Å². The molecule has 0 amide bonds. The fraction of sp³-hybridized carbons (Fsp3) is 0.950. The van der Waals surface area contributed by atoms with Crippen molar-refractivity contribution in [3.63, 3.8) is 0 Å². The quantitative estimate of drug-likeness (QED) is 0.728. The Kier molecular flexibility index (Phi) is 3.32. The van der Waals surface area contributed by atoms with E-state index in [1.54, 1.807) is 0 Å². The molecule has 2 nitrogen and oxygen atoms in total. The molecule has 1 N–H and O–H groups in total. The number of carbonyl (C=O) groups excluding carboxylic acids is 1. The maximum Gasteiger partial charge on any atom is 0.139 e. The minimum absolute atomic E-state index is 0.00177. The first-order valence-electron chi connectivity index (χ1n) is 9.58. The Hall–Kier alpha value is -0.370. The molecule has 8 atom stereocenters. The van der Waals surface area contributed by atoms with Crippen LogP contribution in [0.15, 0.2) is 0 Å². The molecule has 4 aliphatic rings. The normalized spacial score (nSPS) is 57.9. The van der Waals surface area contributed by atoms with Crippen LogP contribution in [0.1, 0.15) is 72.1 Å². The van der Waals surface area contributed by atoms with Crippen molar-refractivity contribution in [1.82, 2.24) is 0 Å². The van der Waals surface area contributed by atoms with Gasteiger partial charge in [0.2, 0.25) is 0 Å². The molecule has 2 heteroatoms. The predicted molar refractivity (Wildman–Crippen MR) is 87.3 cm³/mol. The molecule has 8 unspecified atom stereocenters. The maximum absolute atomic E-state index is 12.4. The van der Waals surface area contributed by atoms with Crippen LogP contribution in [0.4, 0.5) is 0 Å². The fourth-order valence-electron chi connectivity index (χ4n) is 7.47. The van der Waals surface area contributed by atoms with E-state index in [0.717, 1.165) is 43.9 Å². The molecule has 4 saturated carbocycles. The summed E-state index contributed by atoms with van der Waals surface area (Å²) in [6.45, 7) is 7.18. The molecule has 0 aromatic heterocycles. The summed E-state index contributed by atoms with van der Waals surface area (Å²) in [4.78, 5) is 12.4. The predicted octanol–water partition coefficient (Wildman–Crippen LogP) is 4.21. The number of hydrogen-bond donors (Lipinski definition) is 1. The molecule has 22 heavy (non-hydrogen) atoms. The van der Waals surface area contributed by atoms with Crippen LogP contribution in [0, 0.1) is 40.4 Å². The Bertz CT molecular complexity index is 486. The summed E-state index contributed by atoms with van der Waals surface area (Å²) in [6, 6.07) is 0. The third-order valence-electron chi connectivity index (χ3n) is 8.92. The standard InChI is InChI=1S/C20H32O2/c1-12-10-14(21)11-13-4-5-15-16-6-7-18(22)19(16,2)9-8-17(15)20(12,13)3/h12-17,21H,4-11H2,1-3H3. The summed E-state index contributed by atoms with van der Waals surface area (Å²) in [7, 11) is 0. The highest BCUT2D eigenvalue weighted by Gasteiger charge is 2.61. The van der Waals surface area contributed by atoms with Crippen LogP contribution in [0.2, 0.25) is 0 Å². The number of ketones is 1. The fourth-order valence-corrected chi connectivity index (χ4v) is 7.47. The maximum atomic E-state index is 12.4. The summed E-state index contributed by atoms with van der Waals surface area (Å²) in [5.74, 6) is 4.08. The zero-order valence-corrected chi connectivity index (χ0v) is 14.5. The van der Waals surface area contributed by atoms with Crippen molar-refractivity contribution in [2.45, 2.75) is 78.2 Å². The second-order valence-corrected chi connectivity index (χ2v) is 9.46. The van der Waals surface area contributed by atoms with E-state index in [1.807, 2.05) is 0 Å². The van der Waals surface area contributed by atoms with Crippen LogP contribution in [0.25, 0.3) is 0 Å². The van der Waals surface area contributed by atoms with Gasteiger partial charge in [-0.2, -0.15) is 0 Å². The van der Waals surface area contributed by atoms with Crippen molar-refractivity contribution in [3.05, 3.63) is 0 Å². The first-order chi connectivity index (χ1) is 10.4. The highest BCUT2D eigenvalue weighted by atomic mass is 16.3. The van der Waals surface area contributed by atoms with Gasteiger partial charge in [-0.1, -0.05) is 20.8 Å². The minimum atomic E-state index is -0.0773. The number of Topliss-reactive ketones (excluding diaryl/α,β-unsaturated/α-hetero) is 1. The highest BCUT2D eigenvalue weighted by molar-refractivity contribution is 5.87. The molecule has 0 heterocycles. The van der Waals surface area contributed by atoms with E-state index in [1.165, 1.54) is 19.3 Å². The number of rotatable bonds is 0. The number of fused-ring (bicyclic) bond motifs is 5. The summed E-state index contributed by atoms with van der Waals surface area (Å²) in [6.07, 6.45) is 8.85. The van der Waals surface area contributed by atoms with Crippen LogP contribution >= 0.6 is 0 Å². The van der Waals surface area contributed by atoms with Crippen molar-refractivity contribution in [3.8, 4) is 0 Å². The van der Waals surface area contributed by atoms with Crippen molar-refractivity contribution >= 4 is 5.78 Å². The average molecular weight is 304 g/mol. The summed E-state index contributed by atoms with van der Waals surface area (Å²) in [5, 5.41) is 10.2. The van der Waals surface area contributed by atoms with Crippen molar-refractivity contribution in [2.75, 3.05) is 0 Å². The zero-order valence-electron chi connectivity index (χ0n) is 14.5. The molecule has 0 bridgehead atoms. The molecular weight excluding hydrogens is 272 g/mol. The van der Waals surface area contributed by atoms with E-state index in [-0.39, 0.29) is 11.5 Å². The van der Waals surface area contributed by atoms with E-state index in [2.05, 4.69) is 20.8 Å². The molecule has 0 aromatic carbocycles. The van der Waals surface area contributed by atoms with Crippen LogP contribution in [0.5, 0.6) is 0 Å². The van der Waals surface area contributed by atoms with E-state index in [0.29, 0.717) is 29.0 Å². The third kappa shape index (κ3) is 1.79. The molecule has 0 aliphatic heterocycles. The zero-order chi connectivity index (χ0) is 15.7. The SMILES string of the molecule is CC1CC(O)CC2CCC3C4CCC(=O)C4(C)CCC3C12C. The lowest BCUT2D eigenvalue weighted by molar-refractivity contribution is -0.155. The van der Waals surface area contributed by atoms with Gasteiger partial charge in [0, 0.05) is 11.8 Å². The Balaban J connectivity index is 1.67. The topological polar surface area (TPSA) is 37.3 Å². The molecule has 4 rings (SSSR count). The Morgan fingerprint density at radius 2 is 1.82 bits per heavy atom. The molecule has 0 spiro atoms. The lowest BCUT2D eigenvalue weighted by atomic mass is 9.43. The van der Waals surface area contributed by atoms with Crippen molar-refractivity contribution in [1.29, 1.82) is 0 Å². The highest BCUT2D eigenvalue weighted by Crippen LogP contribution is 2.66. The third-order valence-corrected chi connectivity index (χ3v) is 8.92. The second-order valence-electron chi connectivity index (χ2n) is 9.46. The Morgan fingerprint density at radius 3 is 2.59 bits per heavy atom. The first kappa shape index (κ1) is 15.2. The van der Waals surface area contributed by atoms with Crippen LogP contribution < -0.4 is 0 Å². The molecule has 4 aliphatic carbocycles. The monoisotopic (exact) mass is 304 g/mol. The van der Waals surface area contributed by atoms with E-state index >= 15 is 0 Å². The number of aliphatic hydroxyl groups is 1. The average Bonchev–Trinajstić information content (AvgIpc) is 2.77. The van der Waals surface area contributed by atoms with Crippen molar-refractivity contribution < 1.29 is 9.90 Å². The lowest BCUT2D eigenvalue weighted by Gasteiger charge is -2.62. The Morgan fingerprint density at radius 1 is 1.05 bits per heavy atom. The lowest BCUT2D eigenvalue weighted by Crippen LogP contribution is -2.56. The first-order valence-corrected chi connectivity index (χ1v) is 9.58. The number of hydrogen-bond acceptors (Lipinski definition) is 2. The van der Waals surface area contributed by atoms with Gasteiger partial charge in [-0.05, 0) is 80.0 Å². The molecule has 0 radical (unpaired) electrons. The van der Waals surface area contributed by atoms with Crippen LogP contribution in [-0.4, -0.2) is 17.0 Å². The van der Waals surface area contributed by atoms with Gasteiger partial charge in [-0.3, -0.25) is 4.79 Å². The van der Waals surface area contributed by atoms with E-state index in [4.69, 9.17) is 0 Å². The summed E-state index contributed by atoms with van der Waals surface area (Å²) < 4.78 is 0. The van der Waals surface area contributed by atoms with Gasteiger partial charge >= 0.3 is 0 Å². The minimum Gasteiger partial charge on any atom is -0.393 e. The number of carbonyl (C=O) groups is 1. The molecule has 0 aromatic rings. The van der Waals surface area contributed by atoms with E-state index < -0.39 is 0 Å². The molecule has 4 fully saturated rings. The van der Waals surface area contributed by atoms with Gasteiger partial charge in [0.25, 0.3) is 0 Å². The Labute approximate surface area is 135 Å². The van der Waals surface area contributed by atoms with Gasteiger partial charge in [0.05, 0.1) is 6.10 Å². The largest absolute Gasteiger partial charge is 0.393 e. The summed E-state index contributed by atoms with van der Waals surface area (Å²) in [5.41, 5.74) is 0.400. The molecule has 0 saturated heterocycles. The second kappa shape index (κ2) is 4.82. The number of aliphatic hydroxyl groups excluding tert-OH is 1. The van der Waals surface area contributed by atoms with Crippen molar-refractivity contribution in [2.24, 2.45) is 40.4 Å². The van der Waals surface area contributed by atoms with Crippen LogP contribution in [-0.2, 0) is 4.79 Å². The van der Waals surface area contributed by atoms with Gasteiger partial charge in [-0.25, -0.2) is 0 Å².